The summed E-state index contributed by atoms with van der Waals surface area (Å²) in [6.45, 7) is 7.51. The van der Waals surface area contributed by atoms with Crippen molar-refractivity contribution in [3.8, 4) is 0 Å². The fourth-order valence-corrected chi connectivity index (χ4v) is 2.16. The van der Waals surface area contributed by atoms with Gasteiger partial charge in [0.15, 0.2) is 0 Å². The van der Waals surface area contributed by atoms with E-state index in [1.165, 1.54) is 6.42 Å². The highest BCUT2D eigenvalue weighted by molar-refractivity contribution is 5.90. The number of nitrogens with one attached hydrogen (secondary N) is 2. The summed E-state index contributed by atoms with van der Waals surface area (Å²) < 4.78 is 5.63. The van der Waals surface area contributed by atoms with Crippen molar-refractivity contribution in [2.45, 2.75) is 58.0 Å². The van der Waals surface area contributed by atoms with Gasteiger partial charge in [0, 0.05) is 18.6 Å². The Morgan fingerprint density at radius 1 is 1.45 bits per heavy atom. The zero-order valence-corrected chi connectivity index (χ0v) is 12.5. The summed E-state index contributed by atoms with van der Waals surface area (Å²) in [7, 11) is 0. The van der Waals surface area contributed by atoms with Crippen LogP contribution in [0.4, 0.5) is 0 Å². The normalized spacial score (nSPS) is 19.9. The monoisotopic (exact) mass is 280 g/mol. The Labute approximate surface area is 119 Å². The first-order chi connectivity index (χ1) is 9.47. The van der Waals surface area contributed by atoms with Crippen LogP contribution in [-0.2, 0) is 10.2 Å². The second kappa shape index (κ2) is 6.35. The van der Waals surface area contributed by atoms with Crippen molar-refractivity contribution in [1.82, 2.24) is 20.5 Å². The molecule has 6 nitrogen and oxygen atoms in total. The highest BCUT2D eigenvalue weighted by Crippen LogP contribution is 2.17. The van der Waals surface area contributed by atoms with Gasteiger partial charge in [0.1, 0.15) is 5.82 Å². The molecule has 0 aliphatic carbocycles. The van der Waals surface area contributed by atoms with E-state index < -0.39 is 0 Å². The molecule has 20 heavy (non-hydrogen) atoms. The maximum Gasteiger partial charge on any atom is 0.290 e. The van der Waals surface area contributed by atoms with Crippen LogP contribution in [0.2, 0.25) is 0 Å². The van der Waals surface area contributed by atoms with Crippen LogP contribution in [0.3, 0.4) is 0 Å². The van der Waals surface area contributed by atoms with E-state index in [0.717, 1.165) is 31.7 Å². The van der Waals surface area contributed by atoms with Crippen molar-refractivity contribution in [1.29, 1.82) is 0 Å². The molecule has 6 heteroatoms. The van der Waals surface area contributed by atoms with Gasteiger partial charge < -0.3 is 10.1 Å². The molecule has 1 atom stereocenters. The third kappa shape index (κ3) is 4.03. The number of carbonyl (C=O) groups excluding carboxylic acids is 1. The van der Waals surface area contributed by atoms with Gasteiger partial charge in [-0.15, -0.1) is 5.10 Å². The van der Waals surface area contributed by atoms with E-state index in [0.29, 0.717) is 6.54 Å². The standard InChI is InChI=1S/C14H24N4O2/c1-14(2,3)13-16-11(17-18-13)12(19)15-8-7-10-6-4-5-9-20-10/h10H,4-9H2,1-3H3,(H,15,19)(H,16,17,18). The zero-order valence-electron chi connectivity index (χ0n) is 12.5. The van der Waals surface area contributed by atoms with Crippen molar-refractivity contribution in [3.05, 3.63) is 11.6 Å². The largest absolute Gasteiger partial charge is 0.378 e. The molecule has 2 rings (SSSR count). The van der Waals surface area contributed by atoms with Crippen LogP contribution in [0.1, 0.15) is 62.9 Å². The highest BCUT2D eigenvalue weighted by Gasteiger charge is 2.21. The molecule has 2 heterocycles. The number of H-pyrrole nitrogens is 1. The molecule has 112 valence electrons. The Morgan fingerprint density at radius 3 is 2.85 bits per heavy atom. The first-order valence-electron chi connectivity index (χ1n) is 7.29. The van der Waals surface area contributed by atoms with E-state index in [1.54, 1.807) is 0 Å². The highest BCUT2D eigenvalue weighted by atomic mass is 16.5. The summed E-state index contributed by atoms with van der Waals surface area (Å²) in [5, 5.41) is 9.64. The lowest BCUT2D eigenvalue weighted by atomic mass is 9.96. The van der Waals surface area contributed by atoms with Gasteiger partial charge in [-0.3, -0.25) is 9.89 Å². The lowest BCUT2D eigenvalue weighted by Gasteiger charge is -2.22. The number of ether oxygens (including phenoxy) is 1. The molecule has 1 aliphatic heterocycles. The summed E-state index contributed by atoms with van der Waals surface area (Å²) in [5.74, 6) is 0.699. The lowest BCUT2D eigenvalue weighted by Crippen LogP contribution is -2.30. The van der Waals surface area contributed by atoms with Gasteiger partial charge >= 0.3 is 0 Å². The van der Waals surface area contributed by atoms with Gasteiger partial charge in [-0.25, -0.2) is 4.98 Å². The number of rotatable bonds is 4. The minimum absolute atomic E-state index is 0.137. The van der Waals surface area contributed by atoms with Crippen molar-refractivity contribution in [2.24, 2.45) is 0 Å². The molecule has 1 saturated heterocycles. The predicted molar refractivity (Wildman–Crippen MR) is 75.6 cm³/mol. The van der Waals surface area contributed by atoms with Crippen LogP contribution < -0.4 is 5.32 Å². The van der Waals surface area contributed by atoms with Gasteiger partial charge in [0.05, 0.1) is 6.10 Å². The molecule has 1 aromatic rings. The number of carbonyl (C=O) groups is 1. The van der Waals surface area contributed by atoms with Gasteiger partial charge in [-0.1, -0.05) is 20.8 Å². The number of aromatic amines is 1. The quantitative estimate of drug-likeness (QED) is 0.881. The Balaban J connectivity index is 1.78. The smallest absolute Gasteiger partial charge is 0.290 e. The third-order valence-electron chi connectivity index (χ3n) is 3.42. The topological polar surface area (TPSA) is 79.9 Å². The van der Waals surface area contributed by atoms with E-state index >= 15 is 0 Å². The second-order valence-electron chi connectivity index (χ2n) is 6.29. The SMILES string of the molecule is CC(C)(C)c1nc(C(=O)NCCC2CCCCO2)n[nH]1. The van der Waals surface area contributed by atoms with E-state index in [2.05, 4.69) is 20.5 Å². The Morgan fingerprint density at radius 2 is 2.25 bits per heavy atom. The average Bonchev–Trinajstić information content (AvgIpc) is 2.89. The molecule has 2 N–H and O–H groups in total. The molecule has 0 aromatic carbocycles. The first-order valence-corrected chi connectivity index (χ1v) is 7.29. The minimum atomic E-state index is -0.229. The number of hydrogen-bond donors (Lipinski definition) is 2. The molecule has 1 aromatic heterocycles. The Bertz CT molecular complexity index is 444. The third-order valence-corrected chi connectivity index (χ3v) is 3.42. The van der Waals surface area contributed by atoms with Crippen LogP contribution in [0, 0.1) is 0 Å². The van der Waals surface area contributed by atoms with E-state index in [1.807, 2.05) is 20.8 Å². The zero-order chi connectivity index (χ0) is 14.6. The lowest BCUT2D eigenvalue weighted by molar-refractivity contribution is 0.0117. The molecule has 1 unspecified atom stereocenters. The average molecular weight is 280 g/mol. The Kier molecular flexibility index (Phi) is 4.75. The van der Waals surface area contributed by atoms with Gasteiger partial charge in [-0.2, -0.15) is 0 Å². The van der Waals surface area contributed by atoms with Crippen molar-refractivity contribution < 1.29 is 9.53 Å². The molecule has 0 saturated carbocycles. The number of nitrogens with zero attached hydrogens (tertiary/aromatic N) is 2. The van der Waals surface area contributed by atoms with E-state index in [-0.39, 0.29) is 23.3 Å². The van der Waals surface area contributed by atoms with E-state index in [4.69, 9.17) is 4.74 Å². The van der Waals surface area contributed by atoms with Crippen LogP contribution in [0.15, 0.2) is 0 Å². The maximum atomic E-state index is 11.9. The van der Waals surface area contributed by atoms with Gasteiger partial charge in [-0.05, 0) is 25.7 Å². The summed E-state index contributed by atoms with van der Waals surface area (Å²) in [5.41, 5.74) is -0.137. The fraction of sp³-hybridized carbons (Fsp3) is 0.786. The number of aromatic nitrogens is 3. The summed E-state index contributed by atoms with van der Waals surface area (Å²) in [4.78, 5) is 16.2. The van der Waals surface area contributed by atoms with Crippen LogP contribution in [-0.4, -0.2) is 40.3 Å². The predicted octanol–water partition coefficient (Wildman–Crippen LogP) is 1.79. The number of amides is 1. The summed E-state index contributed by atoms with van der Waals surface area (Å²) in [6.07, 6.45) is 4.58. The molecule has 0 radical (unpaired) electrons. The van der Waals surface area contributed by atoms with Crippen molar-refractivity contribution in [2.75, 3.05) is 13.2 Å². The van der Waals surface area contributed by atoms with Crippen LogP contribution >= 0.6 is 0 Å². The first kappa shape index (κ1) is 15.0. The fourth-order valence-electron chi connectivity index (χ4n) is 2.16. The molecule has 1 fully saturated rings. The minimum Gasteiger partial charge on any atom is -0.378 e. The summed E-state index contributed by atoms with van der Waals surface area (Å²) >= 11 is 0. The van der Waals surface area contributed by atoms with E-state index in [9.17, 15) is 4.79 Å². The molecule has 0 bridgehead atoms. The molecule has 1 aliphatic rings. The molecule has 1 amide bonds. The molecule has 0 spiro atoms. The van der Waals surface area contributed by atoms with Crippen molar-refractivity contribution in [3.63, 3.8) is 0 Å². The Hall–Kier alpha value is -1.43. The molecular weight excluding hydrogens is 256 g/mol. The van der Waals surface area contributed by atoms with Gasteiger partial charge in [0.2, 0.25) is 5.82 Å². The molecular formula is C14H24N4O2. The van der Waals surface area contributed by atoms with Crippen LogP contribution in [0.5, 0.6) is 0 Å². The number of hydrogen-bond acceptors (Lipinski definition) is 4. The van der Waals surface area contributed by atoms with Crippen molar-refractivity contribution >= 4 is 5.91 Å². The summed E-state index contributed by atoms with van der Waals surface area (Å²) in [6, 6.07) is 0. The van der Waals surface area contributed by atoms with Crippen LogP contribution in [0.25, 0.3) is 0 Å². The second-order valence-corrected chi connectivity index (χ2v) is 6.29. The van der Waals surface area contributed by atoms with Gasteiger partial charge in [0.25, 0.3) is 5.91 Å². The maximum absolute atomic E-state index is 11.9.